The maximum Gasteiger partial charge on any atom is 0.263 e. The summed E-state index contributed by atoms with van der Waals surface area (Å²) >= 11 is 24.8. The number of carbonyl (C=O) groups excluding carboxylic acids is 1. The summed E-state index contributed by atoms with van der Waals surface area (Å²) in [6, 6.07) is 20.2. The second kappa shape index (κ2) is 10.9. The summed E-state index contributed by atoms with van der Waals surface area (Å²) in [6.07, 6.45) is 1.45. The van der Waals surface area contributed by atoms with Crippen LogP contribution in [-0.4, -0.2) is 24.1 Å². The molecule has 2 unspecified atom stereocenters. The SMILES string of the molecule is CC(C)(Oc1ccc(Cl)cc1)C(=O)NC1CCN(c2ccc(Cl)cc2Cl)C(c2ccc(Cl)cc2)C1. The van der Waals surface area contributed by atoms with E-state index in [0.29, 0.717) is 38.8 Å². The number of hydrogen-bond donors (Lipinski definition) is 1. The first-order chi connectivity index (χ1) is 16.6. The zero-order valence-corrected chi connectivity index (χ0v) is 22.4. The summed E-state index contributed by atoms with van der Waals surface area (Å²) in [7, 11) is 0. The van der Waals surface area contributed by atoms with Gasteiger partial charge in [0.2, 0.25) is 0 Å². The molecule has 3 aromatic rings. The molecule has 1 amide bonds. The van der Waals surface area contributed by atoms with E-state index in [0.717, 1.165) is 17.7 Å². The van der Waals surface area contributed by atoms with E-state index in [1.54, 1.807) is 44.2 Å². The average Bonchev–Trinajstić information content (AvgIpc) is 2.81. The number of nitrogens with zero attached hydrogens (tertiary/aromatic N) is 1. The first-order valence-electron chi connectivity index (χ1n) is 11.3. The molecular formula is C27H26Cl4N2O2. The van der Waals surface area contributed by atoms with Gasteiger partial charge in [0.1, 0.15) is 5.75 Å². The molecule has 0 radical (unpaired) electrons. The van der Waals surface area contributed by atoms with Gasteiger partial charge < -0.3 is 15.0 Å². The fourth-order valence-electron chi connectivity index (χ4n) is 4.30. The molecule has 4 rings (SSSR count). The first-order valence-corrected chi connectivity index (χ1v) is 12.9. The maximum absolute atomic E-state index is 13.2. The lowest BCUT2D eigenvalue weighted by molar-refractivity contribution is -0.135. The Balaban J connectivity index is 1.52. The monoisotopic (exact) mass is 550 g/mol. The van der Waals surface area contributed by atoms with E-state index in [4.69, 9.17) is 51.1 Å². The Bertz CT molecular complexity index is 1180. The minimum Gasteiger partial charge on any atom is -0.478 e. The van der Waals surface area contributed by atoms with Crippen molar-refractivity contribution in [2.75, 3.05) is 11.4 Å². The molecule has 0 bridgehead atoms. The van der Waals surface area contributed by atoms with E-state index in [1.807, 2.05) is 36.4 Å². The number of amides is 1. The number of halogens is 4. The van der Waals surface area contributed by atoms with Crippen molar-refractivity contribution in [3.05, 3.63) is 92.4 Å². The van der Waals surface area contributed by atoms with Crippen molar-refractivity contribution < 1.29 is 9.53 Å². The van der Waals surface area contributed by atoms with Crippen LogP contribution < -0.4 is 15.0 Å². The highest BCUT2D eigenvalue weighted by molar-refractivity contribution is 6.36. The Morgan fingerprint density at radius 1 is 0.914 bits per heavy atom. The van der Waals surface area contributed by atoms with Gasteiger partial charge in [-0.15, -0.1) is 0 Å². The van der Waals surface area contributed by atoms with Crippen molar-refractivity contribution in [2.45, 2.75) is 44.4 Å². The number of carbonyl (C=O) groups is 1. The lowest BCUT2D eigenvalue weighted by Crippen LogP contribution is -2.53. The van der Waals surface area contributed by atoms with Crippen LogP contribution in [0.1, 0.15) is 38.3 Å². The molecule has 1 saturated heterocycles. The van der Waals surface area contributed by atoms with Gasteiger partial charge in [-0.3, -0.25) is 4.79 Å². The van der Waals surface area contributed by atoms with Crippen LogP contribution in [0.4, 0.5) is 5.69 Å². The molecule has 1 aliphatic heterocycles. The molecule has 1 fully saturated rings. The Labute approximate surface area is 226 Å². The molecule has 184 valence electrons. The Morgan fingerprint density at radius 3 is 2.14 bits per heavy atom. The number of nitrogens with one attached hydrogen (secondary N) is 1. The summed E-state index contributed by atoms with van der Waals surface area (Å²) < 4.78 is 5.98. The topological polar surface area (TPSA) is 41.6 Å². The minimum atomic E-state index is -1.06. The molecule has 3 aromatic carbocycles. The standard InChI is InChI=1S/C27H26Cl4N2O2/c1-27(2,35-22-10-7-19(29)8-11-22)26(34)32-21-13-14-33(24-12-9-20(30)15-23(24)31)25(16-21)17-3-5-18(28)6-4-17/h3-12,15,21,25H,13-14,16H2,1-2H3,(H,32,34). The zero-order valence-electron chi connectivity index (χ0n) is 19.4. The summed E-state index contributed by atoms with van der Waals surface area (Å²) in [5.41, 5.74) is 0.948. The quantitative estimate of drug-likeness (QED) is 0.337. The van der Waals surface area contributed by atoms with Gasteiger partial charge in [-0.05, 0) is 86.8 Å². The van der Waals surface area contributed by atoms with Gasteiger partial charge in [0.05, 0.1) is 16.8 Å². The molecule has 1 aliphatic rings. The van der Waals surface area contributed by atoms with Gasteiger partial charge in [0.15, 0.2) is 5.60 Å². The number of rotatable bonds is 6. The van der Waals surface area contributed by atoms with Gasteiger partial charge in [-0.25, -0.2) is 0 Å². The fourth-order valence-corrected chi connectivity index (χ4v) is 5.07. The van der Waals surface area contributed by atoms with Crippen molar-refractivity contribution in [2.24, 2.45) is 0 Å². The molecular weight excluding hydrogens is 526 g/mol. The maximum atomic E-state index is 13.2. The largest absolute Gasteiger partial charge is 0.478 e. The second-order valence-electron chi connectivity index (χ2n) is 9.12. The molecule has 35 heavy (non-hydrogen) atoms. The van der Waals surface area contributed by atoms with Gasteiger partial charge in [-0.2, -0.15) is 0 Å². The Hall–Kier alpha value is -2.11. The molecule has 1 N–H and O–H groups in total. The van der Waals surface area contributed by atoms with Crippen LogP contribution in [0.15, 0.2) is 66.7 Å². The minimum absolute atomic E-state index is 0.00899. The number of ether oxygens (including phenoxy) is 1. The van der Waals surface area contributed by atoms with E-state index in [-0.39, 0.29) is 18.0 Å². The summed E-state index contributed by atoms with van der Waals surface area (Å²) in [6.45, 7) is 4.23. The van der Waals surface area contributed by atoms with E-state index in [2.05, 4.69) is 10.2 Å². The highest BCUT2D eigenvalue weighted by Gasteiger charge is 2.36. The lowest BCUT2D eigenvalue weighted by atomic mass is 9.90. The van der Waals surface area contributed by atoms with Gasteiger partial charge in [0.25, 0.3) is 5.91 Å². The summed E-state index contributed by atoms with van der Waals surface area (Å²) in [5, 5.41) is 5.67. The van der Waals surface area contributed by atoms with E-state index < -0.39 is 5.60 Å². The summed E-state index contributed by atoms with van der Waals surface area (Å²) in [4.78, 5) is 15.5. The summed E-state index contributed by atoms with van der Waals surface area (Å²) in [5.74, 6) is 0.408. The lowest BCUT2D eigenvalue weighted by Gasteiger charge is -2.42. The fraction of sp³-hybridized carbons (Fsp3) is 0.296. The van der Waals surface area contributed by atoms with Crippen molar-refractivity contribution in [1.82, 2.24) is 5.32 Å². The van der Waals surface area contributed by atoms with Crippen LogP contribution in [-0.2, 0) is 4.79 Å². The average molecular weight is 552 g/mol. The molecule has 2 atom stereocenters. The number of hydrogen-bond acceptors (Lipinski definition) is 3. The third kappa shape index (κ3) is 6.37. The zero-order chi connectivity index (χ0) is 25.2. The molecule has 0 saturated carbocycles. The number of benzene rings is 3. The Morgan fingerprint density at radius 2 is 1.51 bits per heavy atom. The highest BCUT2D eigenvalue weighted by Crippen LogP contribution is 2.39. The van der Waals surface area contributed by atoms with Gasteiger partial charge in [0, 0.05) is 27.7 Å². The third-order valence-corrected chi connectivity index (χ3v) is 7.19. The third-order valence-electron chi connectivity index (χ3n) is 6.15. The van der Waals surface area contributed by atoms with Gasteiger partial charge in [-0.1, -0.05) is 58.5 Å². The molecule has 1 heterocycles. The van der Waals surface area contributed by atoms with Crippen molar-refractivity contribution in [3.8, 4) is 5.75 Å². The van der Waals surface area contributed by atoms with Crippen LogP contribution in [0.3, 0.4) is 0 Å². The second-order valence-corrected chi connectivity index (χ2v) is 10.8. The van der Waals surface area contributed by atoms with E-state index in [1.165, 1.54) is 0 Å². The number of anilines is 1. The van der Waals surface area contributed by atoms with Crippen LogP contribution in [0.2, 0.25) is 20.1 Å². The molecule has 4 nitrogen and oxygen atoms in total. The van der Waals surface area contributed by atoms with Crippen LogP contribution >= 0.6 is 46.4 Å². The molecule has 0 spiro atoms. The smallest absolute Gasteiger partial charge is 0.263 e. The predicted molar refractivity (Wildman–Crippen MR) is 145 cm³/mol. The van der Waals surface area contributed by atoms with Crippen molar-refractivity contribution in [1.29, 1.82) is 0 Å². The van der Waals surface area contributed by atoms with Crippen LogP contribution in [0.25, 0.3) is 0 Å². The number of piperidine rings is 1. The van der Waals surface area contributed by atoms with Crippen LogP contribution in [0.5, 0.6) is 5.75 Å². The molecule has 0 aliphatic carbocycles. The molecule has 0 aromatic heterocycles. The normalized spacial score (nSPS) is 18.3. The van der Waals surface area contributed by atoms with Crippen molar-refractivity contribution in [3.63, 3.8) is 0 Å². The molecule has 8 heteroatoms. The van der Waals surface area contributed by atoms with E-state index >= 15 is 0 Å². The Kier molecular flexibility index (Phi) is 8.07. The first kappa shape index (κ1) is 26.0. The van der Waals surface area contributed by atoms with Crippen molar-refractivity contribution >= 4 is 58.0 Å². The van der Waals surface area contributed by atoms with Gasteiger partial charge >= 0.3 is 0 Å². The van der Waals surface area contributed by atoms with E-state index in [9.17, 15) is 4.79 Å². The highest BCUT2D eigenvalue weighted by atomic mass is 35.5. The predicted octanol–water partition coefficient (Wildman–Crippen LogP) is 7.98. The van der Waals surface area contributed by atoms with Crippen LogP contribution in [0, 0.1) is 0 Å².